The van der Waals surface area contributed by atoms with E-state index in [2.05, 4.69) is 0 Å². The molecular formula is NaO4SiSm. The molecule has 0 aliphatic heterocycles. The van der Waals surface area contributed by atoms with E-state index in [4.69, 9.17) is 19.2 Å². The van der Waals surface area contributed by atoms with E-state index in [-0.39, 0.29) is 69.9 Å². The summed E-state index contributed by atoms with van der Waals surface area (Å²) >= 11 is 0. The molecule has 35 valence electrons. The van der Waals surface area contributed by atoms with Crippen LogP contribution in [0.2, 0.25) is 0 Å². The van der Waals surface area contributed by atoms with Crippen molar-refractivity contribution in [2.45, 2.75) is 0 Å². The Kier molecular flexibility index (Phi) is 15.1. The Hall–Kier alpha value is 2.39. The predicted molar refractivity (Wildman–Crippen MR) is 5.75 cm³/mol. The van der Waals surface area contributed by atoms with Crippen LogP contribution >= 0.6 is 0 Å². The number of hydrogen-bond donors (Lipinski definition) is 0. The fraction of sp³-hybridized carbons (Fsp3) is 0. The molecule has 0 aromatic rings. The second kappa shape index (κ2) is 6.51. The van der Waals surface area contributed by atoms with Crippen molar-refractivity contribution in [1.82, 2.24) is 0 Å². The summed E-state index contributed by atoms with van der Waals surface area (Å²) in [7, 11) is -5.61. The van der Waals surface area contributed by atoms with E-state index in [1.165, 1.54) is 0 Å². The molecule has 0 spiro atoms. The minimum atomic E-state index is -5.61. The SMILES string of the molecule is [Na+].[O-][Si]([O-])([O-])[O-].[Sm+3]. The third kappa shape index (κ3) is 59.9. The fourth-order valence-corrected chi connectivity index (χ4v) is 0. The van der Waals surface area contributed by atoms with E-state index in [1.807, 2.05) is 0 Å². The molecule has 7 heteroatoms. The summed E-state index contributed by atoms with van der Waals surface area (Å²) in [5, 5.41) is 0. The molecule has 0 amide bonds. The van der Waals surface area contributed by atoms with Gasteiger partial charge in [0, 0.05) is 0 Å². The molecule has 0 aromatic heterocycles. The maximum absolute atomic E-state index is 8.58. The summed E-state index contributed by atoms with van der Waals surface area (Å²) in [6.45, 7) is 0. The molecule has 0 fully saturated rings. The Morgan fingerprint density at radius 1 is 0.857 bits per heavy atom. The van der Waals surface area contributed by atoms with Crippen LogP contribution in [0.25, 0.3) is 0 Å². The summed E-state index contributed by atoms with van der Waals surface area (Å²) < 4.78 is 0. The van der Waals surface area contributed by atoms with Crippen LogP contribution in [0.1, 0.15) is 0 Å². The van der Waals surface area contributed by atoms with Crippen LogP contribution in [0.3, 0.4) is 0 Å². The van der Waals surface area contributed by atoms with Crippen molar-refractivity contribution in [2.75, 3.05) is 0 Å². The summed E-state index contributed by atoms with van der Waals surface area (Å²) in [6.07, 6.45) is 0. The second-order valence-corrected chi connectivity index (χ2v) is 1.50. The number of rotatable bonds is 0. The van der Waals surface area contributed by atoms with Gasteiger partial charge in [0.05, 0.1) is 0 Å². The van der Waals surface area contributed by atoms with Crippen LogP contribution in [0, 0.1) is 40.4 Å². The fourth-order valence-electron chi connectivity index (χ4n) is 0. The Balaban J connectivity index is -0.0000000800. The summed E-state index contributed by atoms with van der Waals surface area (Å²) in [4.78, 5) is 34.3. The van der Waals surface area contributed by atoms with Gasteiger partial charge in [0.25, 0.3) is 0 Å². The van der Waals surface area contributed by atoms with Gasteiger partial charge in [-0.2, -0.15) is 0 Å². The maximum atomic E-state index is 8.58. The number of hydrogen-bond acceptors (Lipinski definition) is 4. The first-order valence-corrected chi connectivity index (χ1v) is 2.45. The summed E-state index contributed by atoms with van der Waals surface area (Å²) in [5.74, 6) is 0. The zero-order valence-corrected chi connectivity index (χ0v) is 9.16. The van der Waals surface area contributed by atoms with Crippen LogP contribution in [0.15, 0.2) is 0 Å². The van der Waals surface area contributed by atoms with Crippen molar-refractivity contribution < 1.29 is 89.1 Å². The molecule has 0 saturated carbocycles. The summed E-state index contributed by atoms with van der Waals surface area (Å²) in [6, 6.07) is 0. The normalized spacial score (nSPS) is 8.57. The Morgan fingerprint density at radius 3 is 0.857 bits per heavy atom. The van der Waals surface area contributed by atoms with E-state index >= 15 is 0 Å². The Morgan fingerprint density at radius 2 is 0.857 bits per heavy atom. The first kappa shape index (κ1) is 16.2. The van der Waals surface area contributed by atoms with Crippen molar-refractivity contribution in [3.05, 3.63) is 0 Å². The quantitative estimate of drug-likeness (QED) is 0.407. The average Bonchev–Trinajstić information content (AvgIpc) is 0.722. The molecule has 0 heterocycles. The van der Waals surface area contributed by atoms with Gasteiger partial charge in [-0.05, 0) is 0 Å². The van der Waals surface area contributed by atoms with Crippen molar-refractivity contribution >= 4 is 9.05 Å². The van der Waals surface area contributed by atoms with Gasteiger partial charge in [0.1, 0.15) is 0 Å². The van der Waals surface area contributed by atoms with Crippen LogP contribution in [-0.2, 0) is 0 Å². The van der Waals surface area contributed by atoms with Gasteiger partial charge in [-0.25, -0.2) is 0 Å². The van der Waals surface area contributed by atoms with Crippen molar-refractivity contribution in [2.24, 2.45) is 0 Å². The molecule has 0 aromatic carbocycles. The third-order valence-corrected chi connectivity index (χ3v) is 0. The van der Waals surface area contributed by atoms with Crippen molar-refractivity contribution in [3.8, 4) is 0 Å². The molecule has 0 N–H and O–H groups in total. The molecule has 0 aliphatic rings. The summed E-state index contributed by atoms with van der Waals surface area (Å²) in [5.41, 5.74) is 0. The Labute approximate surface area is 96.4 Å². The minimum absolute atomic E-state index is 0. The molecule has 7 heavy (non-hydrogen) atoms. The van der Waals surface area contributed by atoms with Gasteiger partial charge in [-0.1, -0.05) is 0 Å². The molecule has 0 saturated heterocycles. The molecule has 0 rings (SSSR count). The van der Waals surface area contributed by atoms with Gasteiger partial charge in [0.15, 0.2) is 0 Å². The molecular weight excluding hydrogens is 265 g/mol. The third-order valence-electron chi connectivity index (χ3n) is 0. The first-order chi connectivity index (χ1) is 2.00. The largest absolute Gasteiger partial charge is 3.00 e. The Bertz CT molecular complexity index is 27.2. The molecule has 0 bridgehead atoms. The van der Waals surface area contributed by atoms with Crippen molar-refractivity contribution in [1.29, 1.82) is 0 Å². The standard InChI is InChI=1S/Na.O4Si.Sm/c;1-5(2,3)4;/q+1;-4;+3. The van der Waals surface area contributed by atoms with Crippen LogP contribution in [0.5, 0.6) is 0 Å². The van der Waals surface area contributed by atoms with Gasteiger partial charge in [0.2, 0.25) is 0 Å². The van der Waals surface area contributed by atoms with E-state index in [1.54, 1.807) is 0 Å². The molecule has 0 aliphatic carbocycles. The zero-order valence-electron chi connectivity index (χ0n) is 3.54. The molecule has 1 radical (unpaired) electrons. The van der Waals surface area contributed by atoms with E-state index in [0.717, 1.165) is 0 Å². The van der Waals surface area contributed by atoms with Crippen LogP contribution < -0.4 is 48.7 Å². The smallest absolute Gasteiger partial charge is 0.894 e. The average molecular weight is 265 g/mol. The first-order valence-electron chi connectivity index (χ1n) is 0.816. The van der Waals surface area contributed by atoms with Crippen molar-refractivity contribution in [3.63, 3.8) is 0 Å². The second-order valence-electron chi connectivity index (χ2n) is 0.500. The molecule has 0 unspecified atom stereocenters. The topological polar surface area (TPSA) is 92.2 Å². The van der Waals surface area contributed by atoms with E-state index in [0.29, 0.717) is 0 Å². The van der Waals surface area contributed by atoms with E-state index < -0.39 is 9.05 Å². The zero-order chi connectivity index (χ0) is 4.50. The monoisotopic (exact) mass is 267 g/mol. The van der Waals surface area contributed by atoms with Gasteiger partial charge in [-0.3, -0.25) is 0 Å². The molecule has 0 atom stereocenters. The van der Waals surface area contributed by atoms with Crippen LogP contribution in [-0.4, -0.2) is 9.05 Å². The van der Waals surface area contributed by atoms with Crippen LogP contribution in [0.4, 0.5) is 0 Å². The molecule has 4 nitrogen and oxygen atoms in total. The maximum Gasteiger partial charge on any atom is 3.00 e. The minimum Gasteiger partial charge on any atom is -0.894 e. The van der Waals surface area contributed by atoms with Gasteiger partial charge < -0.3 is 28.2 Å². The predicted octanol–water partition coefficient (Wildman–Crippen LogP) is -8.13. The van der Waals surface area contributed by atoms with Gasteiger partial charge in [-0.15, -0.1) is 0 Å². The van der Waals surface area contributed by atoms with Gasteiger partial charge >= 0.3 is 69.9 Å². The van der Waals surface area contributed by atoms with E-state index in [9.17, 15) is 0 Å².